The molecule has 0 rings (SSSR count). The number of hydrogen-bond donors (Lipinski definition) is 0. The largest absolute Gasteiger partial charge is 0.236 e. The van der Waals surface area contributed by atoms with Crippen molar-refractivity contribution in [2.75, 3.05) is 6.61 Å². The molecule has 0 saturated heterocycles. The number of unbranched alkanes of at least 4 members (excludes halogenated alkanes) is 10. The van der Waals surface area contributed by atoms with Crippen molar-refractivity contribution in [1.82, 2.24) is 0 Å². The smallest absolute Gasteiger partial charge is 0.0930 e. The van der Waals surface area contributed by atoms with E-state index in [1.165, 1.54) is 89.9 Å². The second-order valence-corrected chi connectivity index (χ2v) is 6.65. The maximum Gasteiger partial charge on any atom is 0.0930 e. The highest BCUT2D eigenvalue weighted by molar-refractivity contribution is 4.58. The van der Waals surface area contributed by atoms with E-state index in [0.717, 1.165) is 13.0 Å². The first-order chi connectivity index (χ1) is 10.8. The lowest BCUT2D eigenvalue weighted by molar-refractivity contribution is -0.327. The van der Waals surface area contributed by atoms with Gasteiger partial charge in [-0.15, -0.1) is 0 Å². The van der Waals surface area contributed by atoms with Crippen LogP contribution in [0.5, 0.6) is 0 Å². The maximum absolute atomic E-state index is 5.70. The second kappa shape index (κ2) is 19.0. The van der Waals surface area contributed by atoms with Crippen LogP contribution in [0.1, 0.15) is 117 Å². The Kier molecular flexibility index (Phi) is 18.9. The molecule has 0 aromatic carbocycles. The van der Waals surface area contributed by atoms with Crippen molar-refractivity contribution in [3.8, 4) is 0 Å². The zero-order chi connectivity index (χ0) is 16.3. The van der Waals surface area contributed by atoms with E-state index in [9.17, 15) is 0 Å². The van der Waals surface area contributed by atoms with E-state index in [1.54, 1.807) is 0 Å². The molecule has 0 aromatic rings. The Morgan fingerprint density at radius 1 is 0.545 bits per heavy atom. The molecule has 0 N–H and O–H groups in total. The predicted octanol–water partition coefficient (Wildman–Crippen LogP) is 7.21. The fraction of sp³-hybridized carbons (Fsp3) is 1.00. The van der Waals surface area contributed by atoms with Gasteiger partial charge < -0.3 is 0 Å². The third kappa shape index (κ3) is 16.3. The molecule has 0 spiro atoms. The molecule has 22 heavy (non-hydrogen) atoms. The summed E-state index contributed by atoms with van der Waals surface area (Å²) in [4.78, 5) is 11.2. The molecular formula is C20H42O2. The lowest BCUT2D eigenvalue weighted by Gasteiger charge is -2.16. The van der Waals surface area contributed by atoms with Gasteiger partial charge in [-0.25, -0.2) is 9.78 Å². The van der Waals surface area contributed by atoms with Crippen LogP contribution in [0.2, 0.25) is 0 Å². The molecule has 0 unspecified atom stereocenters. The van der Waals surface area contributed by atoms with Gasteiger partial charge in [0.15, 0.2) is 0 Å². The molecule has 0 aliphatic heterocycles. The minimum absolute atomic E-state index is 0.324. The minimum Gasteiger partial charge on any atom is -0.236 e. The highest BCUT2D eigenvalue weighted by Crippen LogP contribution is 2.16. The van der Waals surface area contributed by atoms with Crippen LogP contribution < -0.4 is 0 Å². The molecular weight excluding hydrogens is 272 g/mol. The topological polar surface area (TPSA) is 18.5 Å². The van der Waals surface area contributed by atoms with Crippen molar-refractivity contribution in [2.45, 2.75) is 123 Å². The van der Waals surface area contributed by atoms with Crippen molar-refractivity contribution in [3.63, 3.8) is 0 Å². The van der Waals surface area contributed by atoms with Gasteiger partial charge in [0.05, 0.1) is 12.7 Å². The summed E-state index contributed by atoms with van der Waals surface area (Å²) in [5, 5.41) is 0. The monoisotopic (exact) mass is 314 g/mol. The van der Waals surface area contributed by atoms with Gasteiger partial charge in [-0.2, -0.15) is 0 Å². The summed E-state index contributed by atoms with van der Waals surface area (Å²) in [6, 6.07) is 0. The summed E-state index contributed by atoms with van der Waals surface area (Å²) in [5.74, 6) is 0. The van der Waals surface area contributed by atoms with Gasteiger partial charge in [0, 0.05) is 0 Å². The van der Waals surface area contributed by atoms with E-state index in [4.69, 9.17) is 9.78 Å². The first kappa shape index (κ1) is 21.9. The van der Waals surface area contributed by atoms with E-state index in [1.807, 2.05) is 0 Å². The summed E-state index contributed by atoms with van der Waals surface area (Å²) in [5.41, 5.74) is 0. The fourth-order valence-corrected chi connectivity index (χ4v) is 2.75. The first-order valence-corrected chi connectivity index (χ1v) is 10.1. The summed E-state index contributed by atoms with van der Waals surface area (Å²) >= 11 is 0. The van der Waals surface area contributed by atoms with Crippen LogP contribution in [0.4, 0.5) is 0 Å². The van der Waals surface area contributed by atoms with Crippen LogP contribution in [-0.2, 0) is 9.78 Å². The Labute approximate surface area is 140 Å². The lowest BCUT2D eigenvalue weighted by atomic mass is 10.0. The van der Waals surface area contributed by atoms with Gasteiger partial charge in [-0.05, 0) is 19.3 Å². The van der Waals surface area contributed by atoms with Gasteiger partial charge in [-0.1, -0.05) is 97.8 Å². The summed E-state index contributed by atoms with van der Waals surface area (Å²) in [6.07, 6.45) is 19.7. The predicted molar refractivity (Wildman–Crippen MR) is 97.1 cm³/mol. The van der Waals surface area contributed by atoms with Crippen molar-refractivity contribution in [1.29, 1.82) is 0 Å². The molecule has 0 amide bonds. The summed E-state index contributed by atoms with van der Waals surface area (Å²) in [6.45, 7) is 7.52. The van der Waals surface area contributed by atoms with Crippen LogP contribution in [0.3, 0.4) is 0 Å². The molecule has 0 saturated carbocycles. The van der Waals surface area contributed by atoms with E-state index in [2.05, 4.69) is 20.8 Å². The molecule has 0 aromatic heterocycles. The highest BCUT2D eigenvalue weighted by Gasteiger charge is 2.10. The SMILES string of the molecule is CCCCCCCC(CCCCCCC)OOCCCCC. The zero-order valence-corrected chi connectivity index (χ0v) is 15.7. The quantitative estimate of drug-likeness (QED) is 0.151. The summed E-state index contributed by atoms with van der Waals surface area (Å²) < 4.78 is 0. The Balaban J connectivity index is 3.72. The van der Waals surface area contributed by atoms with Crippen molar-refractivity contribution < 1.29 is 9.78 Å². The van der Waals surface area contributed by atoms with E-state index in [-0.39, 0.29) is 0 Å². The minimum atomic E-state index is 0.324. The molecule has 0 heterocycles. The fourth-order valence-electron chi connectivity index (χ4n) is 2.75. The van der Waals surface area contributed by atoms with Crippen LogP contribution in [0.15, 0.2) is 0 Å². The third-order valence-corrected chi connectivity index (χ3v) is 4.29. The molecule has 2 heteroatoms. The normalized spacial score (nSPS) is 11.5. The summed E-state index contributed by atoms with van der Waals surface area (Å²) in [7, 11) is 0. The number of hydrogen-bond acceptors (Lipinski definition) is 2. The van der Waals surface area contributed by atoms with Gasteiger partial charge in [-0.3, -0.25) is 0 Å². The van der Waals surface area contributed by atoms with Gasteiger partial charge in [0.25, 0.3) is 0 Å². The van der Waals surface area contributed by atoms with Gasteiger partial charge in [0.1, 0.15) is 0 Å². The zero-order valence-electron chi connectivity index (χ0n) is 15.7. The molecule has 0 aliphatic rings. The Morgan fingerprint density at radius 3 is 1.50 bits per heavy atom. The van der Waals surface area contributed by atoms with Gasteiger partial charge in [0.2, 0.25) is 0 Å². The van der Waals surface area contributed by atoms with Gasteiger partial charge >= 0.3 is 0 Å². The second-order valence-electron chi connectivity index (χ2n) is 6.65. The molecule has 0 radical (unpaired) electrons. The number of rotatable bonds is 18. The standard InChI is InChI=1S/C20H42O2/c1-4-7-10-12-14-17-20(18-15-13-11-8-5-2)22-21-19-16-9-6-3/h20H,4-19H2,1-3H3. The maximum atomic E-state index is 5.70. The van der Waals surface area contributed by atoms with Crippen LogP contribution >= 0.6 is 0 Å². The molecule has 134 valence electrons. The van der Waals surface area contributed by atoms with Crippen molar-refractivity contribution in [2.24, 2.45) is 0 Å². The molecule has 0 bridgehead atoms. The van der Waals surface area contributed by atoms with Crippen LogP contribution in [-0.4, -0.2) is 12.7 Å². The average molecular weight is 315 g/mol. The Bertz CT molecular complexity index is 161. The molecule has 0 fully saturated rings. The van der Waals surface area contributed by atoms with Crippen LogP contribution in [0, 0.1) is 0 Å². The highest BCUT2D eigenvalue weighted by atomic mass is 17.2. The van der Waals surface area contributed by atoms with Crippen molar-refractivity contribution >= 4 is 0 Å². The Morgan fingerprint density at radius 2 is 1.00 bits per heavy atom. The van der Waals surface area contributed by atoms with Crippen molar-refractivity contribution in [3.05, 3.63) is 0 Å². The first-order valence-electron chi connectivity index (χ1n) is 10.1. The molecule has 2 nitrogen and oxygen atoms in total. The van der Waals surface area contributed by atoms with E-state index >= 15 is 0 Å². The molecule has 0 atom stereocenters. The van der Waals surface area contributed by atoms with E-state index in [0.29, 0.717) is 6.10 Å². The Hall–Kier alpha value is -0.0800. The lowest BCUT2D eigenvalue weighted by Crippen LogP contribution is -2.14. The third-order valence-electron chi connectivity index (χ3n) is 4.29. The van der Waals surface area contributed by atoms with Crippen LogP contribution in [0.25, 0.3) is 0 Å². The average Bonchev–Trinajstić information content (AvgIpc) is 2.53. The molecule has 0 aliphatic carbocycles. The van der Waals surface area contributed by atoms with E-state index < -0.39 is 0 Å².